The van der Waals surface area contributed by atoms with E-state index < -0.39 is 23.2 Å². The molecule has 3 N–H and O–H groups in total. The number of amides is 1. The van der Waals surface area contributed by atoms with Gasteiger partial charge >= 0.3 is 0 Å². The molecule has 0 spiro atoms. The largest absolute Gasteiger partial charge is 0.506 e. The highest BCUT2D eigenvalue weighted by molar-refractivity contribution is 5.86. The summed E-state index contributed by atoms with van der Waals surface area (Å²) in [5.41, 5.74) is -1.48. The first-order valence-electron chi connectivity index (χ1n) is 8.24. The summed E-state index contributed by atoms with van der Waals surface area (Å²) in [6, 6.07) is 12.8. The van der Waals surface area contributed by atoms with Crippen molar-refractivity contribution in [3.8, 4) is 5.75 Å². The van der Waals surface area contributed by atoms with Crippen molar-refractivity contribution in [1.29, 1.82) is 0 Å². The molecule has 0 saturated heterocycles. The van der Waals surface area contributed by atoms with Crippen LogP contribution in [-0.4, -0.2) is 25.7 Å². The molecule has 1 aliphatic heterocycles. The van der Waals surface area contributed by atoms with Gasteiger partial charge in [0.25, 0.3) is 5.56 Å². The number of rotatable bonds is 2. The number of aromatic hydroxyl groups is 1. The maximum Gasteiger partial charge on any atom is 0.262 e. The van der Waals surface area contributed by atoms with Crippen molar-refractivity contribution < 1.29 is 15.0 Å². The highest BCUT2D eigenvalue weighted by Crippen LogP contribution is 2.30. The van der Waals surface area contributed by atoms with Gasteiger partial charge in [-0.3, -0.25) is 14.2 Å². The predicted molar refractivity (Wildman–Crippen MR) is 94.6 cm³/mol. The van der Waals surface area contributed by atoms with Crippen molar-refractivity contribution in [1.82, 2.24) is 14.9 Å². The van der Waals surface area contributed by atoms with Gasteiger partial charge in [0.05, 0.1) is 5.39 Å². The van der Waals surface area contributed by atoms with Crippen LogP contribution in [0.4, 0.5) is 0 Å². The van der Waals surface area contributed by atoms with E-state index in [4.69, 9.17) is 0 Å². The zero-order valence-corrected chi connectivity index (χ0v) is 14.0. The summed E-state index contributed by atoms with van der Waals surface area (Å²) in [6.45, 7) is 1.57. The molecule has 0 radical (unpaired) electrons. The Kier molecular flexibility index (Phi) is 3.55. The summed E-state index contributed by atoms with van der Waals surface area (Å²) in [4.78, 5) is 29.7. The molecule has 0 fully saturated rings. The van der Waals surface area contributed by atoms with Gasteiger partial charge in [-0.2, -0.15) is 0 Å². The third kappa shape index (κ3) is 2.36. The third-order valence-corrected chi connectivity index (χ3v) is 4.68. The Bertz CT molecular complexity index is 1080. The lowest BCUT2D eigenvalue weighted by atomic mass is 9.97. The molecule has 2 unspecified atom stereocenters. The van der Waals surface area contributed by atoms with Crippen LogP contribution in [0.25, 0.3) is 10.9 Å². The van der Waals surface area contributed by atoms with E-state index in [0.29, 0.717) is 0 Å². The molecule has 2 aromatic carbocycles. The molecule has 3 aromatic rings. The Labute approximate surface area is 148 Å². The van der Waals surface area contributed by atoms with E-state index in [9.17, 15) is 19.8 Å². The summed E-state index contributed by atoms with van der Waals surface area (Å²) in [7, 11) is 0. The number of hydrogen-bond donors (Lipinski definition) is 3. The lowest BCUT2D eigenvalue weighted by Crippen LogP contribution is -2.58. The molecular formula is C19H17N3O4. The second-order valence-corrected chi connectivity index (χ2v) is 6.47. The second kappa shape index (κ2) is 5.67. The number of hydrogen-bond acceptors (Lipinski definition) is 5. The van der Waals surface area contributed by atoms with Gasteiger partial charge in [0, 0.05) is 6.42 Å². The zero-order chi connectivity index (χ0) is 18.5. The van der Waals surface area contributed by atoms with Crippen LogP contribution in [-0.2, 0) is 16.9 Å². The molecule has 7 nitrogen and oxygen atoms in total. The highest BCUT2D eigenvalue weighted by atomic mass is 16.3. The van der Waals surface area contributed by atoms with Crippen LogP contribution in [0.2, 0.25) is 0 Å². The SMILES string of the molecule is CC1C(=O)NC(O)(Cc2ccccc2)c2nc3c(O)cccc3c(=O)n21. The fourth-order valence-electron chi connectivity index (χ4n) is 3.35. The minimum absolute atomic E-state index is 0.00690. The van der Waals surface area contributed by atoms with Crippen LogP contribution < -0.4 is 10.9 Å². The first-order chi connectivity index (χ1) is 12.4. The van der Waals surface area contributed by atoms with Gasteiger partial charge in [-0.15, -0.1) is 0 Å². The Morgan fingerprint density at radius 2 is 1.88 bits per heavy atom. The number of fused-ring (bicyclic) bond motifs is 2. The van der Waals surface area contributed by atoms with Gasteiger partial charge in [0.1, 0.15) is 17.3 Å². The average Bonchev–Trinajstić information content (AvgIpc) is 2.61. The molecule has 1 aliphatic rings. The monoisotopic (exact) mass is 351 g/mol. The molecule has 26 heavy (non-hydrogen) atoms. The summed E-state index contributed by atoms with van der Waals surface area (Å²) in [5.74, 6) is -0.624. The van der Waals surface area contributed by atoms with Crippen LogP contribution >= 0.6 is 0 Å². The van der Waals surface area contributed by atoms with Crippen molar-refractivity contribution in [2.24, 2.45) is 0 Å². The van der Waals surface area contributed by atoms with E-state index >= 15 is 0 Å². The molecular weight excluding hydrogens is 334 g/mol. The number of nitrogens with zero attached hydrogens (tertiary/aromatic N) is 2. The van der Waals surface area contributed by atoms with Gasteiger partial charge in [-0.25, -0.2) is 4.98 Å². The molecule has 7 heteroatoms. The normalized spacial score (nSPS) is 22.1. The van der Waals surface area contributed by atoms with Crippen molar-refractivity contribution in [3.63, 3.8) is 0 Å². The molecule has 0 bridgehead atoms. The lowest BCUT2D eigenvalue weighted by Gasteiger charge is -2.37. The Morgan fingerprint density at radius 1 is 1.15 bits per heavy atom. The van der Waals surface area contributed by atoms with Gasteiger partial charge in [-0.05, 0) is 24.6 Å². The number of carbonyl (C=O) groups excluding carboxylic acids is 1. The zero-order valence-electron chi connectivity index (χ0n) is 14.0. The third-order valence-electron chi connectivity index (χ3n) is 4.68. The molecule has 2 atom stereocenters. The average molecular weight is 351 g/mol. The Balaban J connectivity index is 2.00. The number of aliphatic hydroxyl groups is 1. The molecule has 1 amide bonds. The van der Waals surface area contributed by atoms with Crippen molar-refractivity contribution in [2.75, 3.05) is 0 Å². The first kappa shape index (κ1) is 16.3. The standard InChI is InChI=1S/C19H17N3O4/c1-11-16(24)21-19(26,10-12-6-3-2-4-7-12)18-20-15-13(17(25)22(11)18)8-5-9-14(15)23/h2-9,11,23,26H,10H2,1H3,(H,21,24). The van der Waals surface area contributed by atoms with E-state index in [2.05, 4.69) is 10.3 Å². The Morgan fingerprint density at radius 3 is 2.62 bits per heavy atom. The van der Waals surface area contributed by atoms with Gasteiger partial charge < -0.3 is 15.5 Å². The highest BCUT2D eigenvalue weighted by Gasteiger charge is 2.43. The smallest absolute Gasteiger partial charge is 0.262 e. The molecule has 4 rings (SSSR count). The minimum Gasteiger partial charge on any atom is -0.506 e. The van der Waals surface area contributed by atoms with Crippen LogP contribution in [0.1, 0.15) is 24.4 Å². The molecule has 0 aliphatic carbocycles. The van der Waals surface area contributed by atoms with Crippen LogP contribution in [0, 0.1) is 0 Å². The van der Waals surface area contributed by atoms with Crippen LogP contribution in [0.5, 0.6) is 5.75 Å². The van der Waals surface area contributed by atoms with Crippen LogP contribution in [0.3, 0.4) is 0 Å². The quantitative estimate of drug-likeness (QED) is 0.643. The van der Waals surface area contributed by atoms with Gasteiger partial charge in [-0.1, -0.05) is 36.4 Å². The maximum atomic E-state index is 12.9. The number of phenols is 1. The molecule has 132 valence electrons. The number of carbonyl (C=O) groups is 1. The lowest BCUT2D eigenvalue weighted by molar-refractivity contribution is -0.137. The summed E-state index contributed by atoms with van der Waals surface area (Å²) >= 11 is 0. The minimum atomic E-state index is -1.86. The van der Waals surface area contributed by atoms with Crippen molar-refractivity contribution in [2.45, 2.75) is 25.1 Å². The van der Waals surface area contributed by atoms with E-state index in [1.54, 1.807) is 6.92 Å². The number of aromatic nitrogens is 2. The fourth-order valence-corrected chi connectivity index (χ4v) is 3.35. The van der Waals surface area contributed by atoms with E-state index in [1.807, 2.05) is 30.3 Å². The van der Waals surface area contributed by atoms with Crippen LogP contribution in [0.15, 0.2) is 53.3 Å². The second-order valence-electron chi connectivity index (χ2n) is 6.47. The van der Waals surface area contributed by atoms with Gasteiger partial charge in [0.15, 0.2) is 5.82 Å². The van der Waals surface area contributed by atoms with E-state index in [1.165, 1.54) is 22.8 Å². The van der Waals surface area contributed by atoms with E-state index in [0.717, 1.165) is 5.56 Å². The number of para-hydroxylation sites is 1. The van der Waals surface area contributed by atoms with Gasteiger partial charge in [0.2, 0.25) is 11.6 Å². The van der Waals surface area contributed by atoms with Crippen molar-refractivity contribution >= 4 is 16.8 Å². The predicted octanol–water partition coefficient (Wildman–Crippen LogP) is 1.18. The van der Waals surface area contributed by atoms with Crippen molar-refractivity contribution in [3.05, 3.63) is 70.3 Å². The fraction of sp³-hybridized carbons (Fsp3) is 0.211. The molecule has 0 saturated carbocycles. The Hall–Kier alpha value is -3.19. The topological polar surface area (TPSA) is 104 Å². The molecule has 1 aromatic heterocycles. The summed E-state index contributed by atoms with van der Waals surface area (Å²) < 4.78 is 1.20. The molecule has 2 heterocycles. The number of benzene rings is 2. The van der Waals surface area contributed by atoms with E-state index in [-0.39, 0.29) is 28.9 Å². The summed E-state index contributed by atoms with van der Waals surface area (Å²) in [5, 5.41) is 24.1. The summed E-state index contributed by atoms with van der Waals surface area (Å²) in [6.07, 6.45) is 0.0395. The number of nitrogens with one attached hydrogen (secondary N) is 1. The maximum absolute atomic E-state index is 12.9. The number of phenolic OH excluding ortho intramolecular Hbond substituents is 1. The first-order valence-corrected chi connectivity index (χ1v) is 8.24.